The van der Waals surface area contributed by atoms with Crippen molar-refractivity contribution in [2.75, 3.05) is 25.1 Å². The molecule has 1 aromatic carbocycles. The van der Waals surface area contributed by atoms with E-state index in [9.17, 15) is 33.8 Å². The average Bonchev–Trinajstić information content (AvgIpc) is 2.63. The Kier molecular flexibility index (Phi) is 5.97. The number of carbonyl (C=O) groups is 3. The number of hydrogen-bond donors (Lipinski definition) is 0. The number of terminal acetylenes is 1. The van der Waals surface area contributed by atoms with Crippen LogP contribution in [0.4, 0.5) is 29.9 Å². The summed E-state index contributed by atoms with van der Waals surface area (Å²) in [5.41, 5.74) is -2.59. The molecule has 0 aromatic heterocycles. The molecule has 184 valence electrons. The summed E-state index contributed by atoms with van der Waals surface area (Å²) in [6, 6.07) is -0.108. The van der Waals surface area contributed by atoms with Gasteiger partial charge in [0.15, 0.2) is 6.04 Å². The van der Waals surface area contributed by atoms with Gasteiger partial charge in [0, 0.05) is 18.8 Å². The predicted octanol–water partition coefficient (Wildman–Crippen LogP) is 4.72. The number of ether oxygens (including phenoxy) is 2. The molecular weight excluding hydrogens is 475 g/mol. The fourth-order valence-corrected chi connectivity index (χ4v) is 3.95. The Hall–Kier alpha value is -3.01. The van der Waals surface area contributed by atoms with Gasteiger partial charge in [-0.2, -0.15) is 0 Å². The summed E-state index contributed by atoms with van der Waals surface area (Å²) >= 11 is 0. The molecule has 1 fully saturated rings. The quantitative estimate of drug-likeness (QED) is 0.246. The molecule has 1 saturated heterocycles. The third kappa shape index (κ3) is 5.68. The summed E-state index contributed by atoms with van der Waals surface area (Å²) in [6.07, 6.45) is 5.01. The zero-order chi connectivity index (χ0) is 25.5. The van der Waals surface area contributed by atoms with Gasteiger partial charge < -0.3 is 14.4 Å². The molecule has 1 aliphatic heterocycles. The van der Waals surface area contributed by atoms with E-state index in [1.54, 1.807) is 20.8 Å². The molecule has 13 heteroatoms. The van der Waals surface area contributed by atoms with E-state index < -0.39 is 44.2 Å². The van der Waals surface area contributed by atoms with Crippen molar-refractivity contribution in [1.29, 1.82) is 0 Å². The van der Waals surface area contributed by atoms with Crippen molar-refractivity contribution in [3.05, 3.63) is 24.3 Å². The van der Waals surface area contributed by atoms with E-state index in [1.165, 1.54) is 4.90 Å². The molecule has 0 unspecified atom stereocenters. The average molecular weight is 498 g/mol. The topological polar surface area (TPSA) is 76.2 Å². The number of nitrogens with zero attached hydrogens (tertiary/aromatic N) is 2. The van der Waals surface area contributed by atoms with Crippen LogP contribution in [0.1, 0.15) is 20.8 Å². The van der Waals surface area contributed by atoms with Gasteiger partial charge in [-0.05, 0) is 45.0 Å². The number of amides is 2. The van der Waals surface area contributed by atoms with Crippen molar-refractivity contribution < 1.29 is 43.3 Å². The molecule has 1 atom stereocenters. The highest BCUT2D eigenvalue weighted by Gasteiger charge is 2.65. The maximum atomic E-state index is 13.0. The molecule has 0 spiro atoms. The van der Waals surface area contributed by atoms with Crippen molar-refractivity contribution in [3.8, 4) is 12.3 Å². The normalized spacial score (nSPS) is 18.5. The third-order valence-corrected chi connectivity index (χ3v) is 5.97. The molecule has 1 aromatic rings. The molecule has 7 nitrogen and oxygen atoms in total. The number of esters is 1. The van der Waals surface area contributed by atoms with Gasteiger partial charge in [0.2, 0.25) is 6.41 Å². The Balaban J connectivity index is 2.41. The lowest BCUT2D eigenvalue weighted by Crippen LogP contribution is -2.68. The third-order valence-electron chi connectivity index (χ3n) is 4.81. The van der Waals surface area contributed by atoms with Crippen LogP contribution in [0.25, 0.3) is 0 Å². The first kappa shape index (κ1) is 26.2. The molecule has 33 heavy (non-hydrogen) atoms. The fourth-order valence-electron chi connectivity index (χ4n) is 3.30. The number of hydrogen-bond acceptors (Lipinski definition) is 5. The second kappa shape index (κ2) is 7.51. The number of carbonyl (C=O) groups excluding carboxylic acids is 3. The number of likely N-dealkylation sites (tertiary alicyclic amines) is 1. The Morgan fingerprint density at radius 1 is 1.18 bits per heavy atom. The highest BCUT2D eigenvalue weighted by Crippen LogP contribution is 3.02. The van der Waals surface area contributed by atoms with E-state index in [0.29, 0.717) is 17.0 Å². The molecule has 0 N–H and O–H groups in total. The Labute approximate surface area is 187 Å². The molecule has 2 rings (SSSR count). The Bertz CT molecular complexity index is 994. The summed E-state index contributed by atoms with van der Waals surface area (Å²) in [6.45, 7) is 4.46. The molecular formula is C20H23F5N2O5S. The van der Waals surface area contributed by atoms with Crippen LogP contribution in [0.3, 0.4) is 0 Å². The van der Waals surface area contributed by atoms with Crippen molar-refractivity contribution in [3.63, 3.8) is 0 Å². The Morgan fingerprint density at radius 2 is 1.70 bits per heavy atom. The molecule has 2 amide bonds. The standard InChI is InChI=1S/C20H23F5N2O5S/c1-6-20(11-26(12-20)18(30)32-19(2,3)4)16(17(29)31-5)27(13-28)14-7-9-15(10-8-14)33(21,22,23,24)25/h1,7-10,13,16H,11-12H2,2-5H3/t16-/m1/s1. The first-order valence-corrected chi connectivity index (χ1v) is 11.3. The van der Waals surface area contributed by atoms with Crippen LogP contribution < -0.4 is 4.90 Å². The molecule has 0 bridgehead atoms. The number of halogens is 5. The van der Waals surface area contributed by atoms with Crippen molar-refractivity contribution >= 4 is 34.4 Å². The lowest BCUT2D eigenvalue weighted by atomic mass is 9.73. The maximum absolute atomic E-state index is 13.0. The van der Waals surface area contributed by atoms with Crippen molar-refractivity contribution in [2.45, 2.75) is 37.3 Å². The van der Waals surface area contributed by atoms with Crippen LogP contribution in [0.2, 0.25) is 0 Å². The van der Waals surface area contributed by atoms with Crippen LogP contribution >= 0.6 is 10.2 Å². The van der Waals surface area contributed by atoms with Gasteiger partial charge in [-0.25, -0.2) is 9.59 Å². The molecule has 1 heterocycles. The summed E-state index contributed by atoms with van der Waals surface area (Å²) in [5.74, 6) is 1.35. The van der Waals surface area contributed by atoms with Gasteiger partial charge in [-0.3, -0.25) is 9.69 Å². The fraction of sp³-hybridized carbons (Fsp3) is 0.450. The molecule has 0 radical (unpaired) electrons. The van der Waals surface area contributed by atoms with E-state index in [1.807, 2.05) is 0 Å². The van der Waals surface area contributed by atoms with Gasteiger partial charge in [-0.15, -0.1) is 6.42 Å². The van der Waals surface area contributed by atoms with Crippen LogP contribution in [-0.2, 0) is 19.1 Å². The van der Waals surface area contributed by atoms with E-state index in [4.69, 9.17) is 15.9 Å². The van der Waals surface area contributed by atoms with Gasteiger partial charge in [0.25, 0.3) is 0 Å². The second-order valence-corrected chi connectivity index (χ2v) is 10.9. The summed E-state index contributed by atoms with van der Waals surface area (Å²) in [7, 11) is -8.94. The molecule has 0 aliphatic carbocycles. The minimum Gasteiger partial charge on any atom is -0.467 e. The number of benzene rings is 1. The van der Waals surface area contributed by atoms with Crippen LogP contribution in [0.5, 0.6) is 0 Å². The van der Waals surface area contributed by atoms with Crippen LogP contribution in [-0.4, -0.2) is 55.2 Å². The molecule has 0 saturated carbocycles. The smallest absolute Gasteiger partial charge is 0.410 e. The maximum Gasteiger partial charge on any atom is 0.410 e. The minimum absolute atomic E-state index is 0.109. The highest BCUT2D eigenvalue weighted by molar-refractivity contribution is 8.45. The van der Waals surface area contributed by atoms with Crippen LogP contribution in [0.15, 0.2) is 29.2 Å². The van der Waals surface area contributed by atoms with Gasteiger partial charge in [-0.1, -0.05) is 25.3 Å². The zero-order valence-corrected chi connectivity index (χ0v) is 19.0. The number of rotatable bonds is 6. The van der Waals surface area contributed by atoms with E-state index in [2.05, 4.69) is 5.92 Å². The predicted molar refractivity (Wildman–Crippen MR) is 111 cm³/mol. The van der Waals surface area contributed by atoms with Gasteiger partial charge in [0.05, 0.1) is 12.5 Å². The van der Waals surface area contributed by atoms with Gasteiger partial charge >= 0.3 is 22.3 Å². The first-order valence-electron chi connectivity index (χ1n) is 9.38. The lowest BCUT2D eigenvalue weighted by molar-refractivity contribution is -0.148. The summed E-state index contributed by atoms with van der Waals surface area (Å²) < 4.78 is 75.0. The summed E-state index contributed by atoms with van der Waals surface area (Å²) in [5, 5.41) is 0. The van der Waals surface area contributed by atoms with Crippen molar-refractivity contribution in [1.82, 2.24) is 4.90 Å². The largest absolute Gasteiger partial charge is 0.467 e. The SMILES string of the molecule is C#CC1([C@@H](C(=O)OC)N(C=O)c2ccc(S(F)(F)(F)(F)F)cc2)CN(C(=O)OC(C)(C)C)C1. The lowest BCUT2D eigenvalue weighted by Gasteiger charge is -2.51. The van der Waals surface area contributed by atoms with E-state index in [-0.39, 0.29) is 37.3 Å². The minimum atomic E-state index is -9.94. The second-order valence-electron chi connectivity index (χ2n) is 8.54. The number of anilines is 1. The highest BCUT2D eigenvalue weighted by atomic mass is 32.5. The Morgan fingerprint density at radius 3 is 2.06 bits per heavy atom. The van der Waals surface area contributed by atoms with E-state index >= 15 is 0 Å². The zero-order valence-electron chi connectivity index (χ0n) is 18.2. The van der Waals surface area contributed by atoms with Gasteiger partial charge in [0.1, 0.15) is 10.5 Å². The summed E-state index contributed by atoms with van der Waals surface area (Å²) in [4.78, 5) is 36.4. The first-order chi connectivity index (χ1) is 14.8. The van der Waals surface area contributed by atoms with E-state index in [0.717, 1.165) is 7.11 Å². The number of methoxy groups -OCH3 is 1. The monoisotopic (exact) mass is 498 g/mol. The van der Waals surface area contributed by atoms with Crippen LogP contribution in [0, 0.1) is 17.8 Å². The molecule has 1 aliphatic rings. The van der Waals surface area contributed by atoms with Crippen molar-refractivity contribution in [2.24, 2.45) is 5.41 Å².